The Labute approximate surface area is 151 Å². The molecule has 1 aromatic heterocycles. The van der Waals surface area contributed by atoms with Crippen molar-refractivity contribution in [2.24, 2.45) is 0 Å². The summed E-state index contributed by atoms with van der Waals surface area (Å²) in [4.78, 5) is 12.9. The molecule has 0 bridgehead atoms. The van der Waals surface area contributed by atoms with E-state index >= 15 is 0 Å². The molecule has 2 N–H and O–H groups in total. The predicted molar refractivity (Wildman–Crippen MR) is 97.4 cm³/mol. The molecular formula is C21H20FN3O. The van der Waals surface area contributed by atoms with Gasteiger partial charge in [0.25, 0.3) is 5.91 Å². The lowest BCUT2D eigenvalue weighted by atomic mass is 9.95. The number of carbonyl (C=O) groups excluding carboxylic acids is 1. The molecule has 26 heavy (non-hydrogen) atoms. The van der Waals surface area contributed by atoms with Crippen LogP contribution in [0.25, 0.3) is 0 Å². The Bertz CT molecular complexity index is 903. The van der Waals surface area contributed by atoms with Crippen molar-refractivity contribution in [3.63, 3.8) is 0 Å². The molecule has 0 saturated carbocycles. The largest absolute Gasteiger partial charge is 0.340 e. The number of nitrogens with zero attached hydrogens (tertiary/aromatic N) is 1. The van der Waals surface area contributed by atoms with Crippen molar-refractivity contribution in [3.8, 4) is 0 Å². The number of H-pyrrole nitrogens is 1. The monoisotopic (exact) mass is 349 g/mol. The van der Waals surface area contributed by atoms with E-state index in [1.54, 1.807) is 12.1 Å². The number of aromatic amines is 1. The molecule has 1 amide bonds. The number of halogens is 1. The zero-order valence-corrected chi connectivity index (χ0v) is 14.3. The Kier molecular flexibility index (Phi) is 4.52. The number of rotatable bonds is 4. The van der Waals surface area contributed by atoms with Gasteiger partial charge in [-0.1, -0.05) is 42.5 Å². The SMILES string of the molecule is O=C(NC(c1ccccc1)c1ccc(F)cc1)c1n[nH]c2c1CCCC2. The van der Waals surface area contributed by atoms with Crippen molar-refractivity contribution in [2.75, 3.05) is 0 Å². The summed E-state index contributed by atoms with van der Waals surface area (Å²) in [6.07, 6.45) is 4.02. The van der Waals surface area contributed by atoms with E-state index < -0.39 is 0 Å². The van der Waals surface area contributed by atoms with Crippen LogP contribution in [0.15, 0.2) is 54.6 Å². The van der Waals surface area contributed by atoms with Gasteiger partial charge in [0.1, 0.15) is 5.82 Å². The van der Waals surface area contributed by atoms with Gasteiger partial charge in [0.2, 0.25) is 0 Å². The Hall–Kier alpha value is -2.95. The maximum absolute atomic E-state index is 13.3. The van der Waals surface area contributed by atoms with Gasteiger partial charge in [-0.15, -0.1) is 0 Å². The number of aryl methyl sites for hydroxylation is 1. The number of fused-ring (bicyclic) bond motifs is 1. The molecule has 1 unspecified atom stereocenters. The van der Waals surface area contributed by atoms with Crippen LogP contribution in [0.4, 0.5) is 4.39 Å². The van der Waals surface area contributed by atoms with E-state index in [9.17, 15) is 9.18 Å². The van der Waals surface area contributed by atoms with Crippen LogP contribution < -0.4 is 5.32 Å². The molecule has 3 aromatic rings. The first kappa shape index (κ1) is 16.5. The van der Waals surface area contributed by atoms with E-state index in [1.165, 1.54) is 12.1 Å². The maximum Gasteiger partial charge on any atom is 0.272 e. The number of nitrogens with one attached hydrogen (secondary N) is 2. The fourth-order valence-corrected chi connectivity index (χ4v) is 3.53. The summed E-state index contributed by atoms with van der Waals surface area (Å²) in [5.74, 6) is -0.504. The van der Waals surface area contributed by atoms with E-state index in [0.717, 1.165) is 48.1 Å². The van der Waals surface area contributed by atoms with Gasteiger partial charge in [0.15, 0.2) is 5.69 Å². The lowest BCUT2D eigenvalue weighted by molar-refractivity contribution is 0.0937. The number of hydrogen-bond donors (Lipinski definition) is 2. The number of carbonyl (C=O) groups is 1. The highest BCUT2D eigenvalue weighted by molar-refractivity contribution is 5.94. The summed E-state index contributed by atoms with van der Waals surface area (Å²) in [5.41, 5.74) is 4.34. The van der Waals surface area contributed by atoms with Crippen molar-refractivity contribution in [1.82, 2.24) is 15.5 Å². The van der Waals surface area contributed by atoms with Crippen LogP contribution in [0.2, 0.25) is 0 Å². The predicted octanol–water partition coefficient (Wildman–Crippen LogP) is 3.95. The number of benzene rings is 2. The van der Waals surface area contributed by atoms with E-state index in [1.807, 2.05) is 30.3 Å². The quantitative estimate of drug-likeness (QED) is 0.749. The molecule has 1 heterocycles. The standard InChI is InChI=1S/C21H20FN3O/c22-16-12-10-15(11-13-16)19(14-6-2-1-3-7-14)23-21(26)20-17-8-4-5-9-18(17)24-25-20/h1-3,6-7,10-13,19H,4-5,8-9H2,(H,23,26)(H,24,25). The van der Waals surface area contributed by atoms with Crippen molar-refractivity contribution in [1.29, 1.82) is 0 Å². The molecular weight excluding hydrogens is 329 g/mol. The Morgan fingerprint density at radius 1 is 1.00 bits per heavy atom. The maximum atomic E-state index is 13.3. The molecule has 5 heteroatoms. The van der Waals surface area contributed by atoms with Crippen LogP contribution >= 0.6 is 0 Å². The van der Waals surface area contributed by atoms with Gasteiger partial charge in [-0.3, -0.25) is 9.89 Å². The second-order valence-corrected chi connectivity index (χ2v) is 6.61. The highest BCUT2D eigenvalue weighted by Gasteiger charge is 2.24. The smallest absolute Gasteiger partial charge is 0.272 e. The molecule has 1 aliphatic carbocycles. The minimum absolute atomic E-state index is 0.206. The zero-order chi connectivity index (χ0) is 17.9. The third-order valence-electron chi connectivity index (χ3n) is 4.88. The molecule has 1 atom stereocenters. The molecule has 0 radical (unpaired) electrons. The van der Waals surface area contributed by atoms with Gasteiger partial charge < -0.3 is 5.32 Å². The Morgan fingerprint density at radius 2 is 1.69 bits per heavy atom. The van der Waals surface area contributed by atoms with E-state index in [4.69, 9.17) is 0 Å². The van der Waals surface area contributed by atoms with E-state index in [0.29, 0.717) is 5.69 Å². The van der Waals surface area contributed by atoms with Gasteiger partial charge >= 0.3 is 0 Å². The lowest BCUT2D eigenvalue weighted by Crippen LogP contribution is -2.30. The van der Waals surface area contributed by atoms with Gasteiger partial charge in [0, 0.05) is 11.3 Å². The minimum atomic E-state index is -0.361. The summed E-state index contributed by atoms with van der Waals surface area (Å²) in [6, 6.07) is 15.5. The molecule has 0 spiro atoms. The van der Waals surface area contributed by atoms with Crippen LogP contribution in [0.5, 0.6) is 0 Å². The summed E-state index contributed by atoms with van der Waals surface area (Å²) in [5, 5.41) is 10.3. The summed E-state index contributed by atoms with van der Waals surface area (Å²) in [7, 11) is 0. The topological polar surface area (TPSA) is 57.8 Å². The van der Waals surface area contributed by atoms with E-state index in [2.05, 4.69) is 15.5 Å². The molecule has 0 aliphatic heterocycles. The second kappa shape index (κ2) is 7.12. The average molecular weight is 349 g/mol. The second-order valence-electron chi connectivity index (χ2n) is 6.61. The fraction of sp³-hybridized carbons (Fsp3) is 0.238. The van der Waals surface area contributed by atoms with Gasteiger partial charge in [0.05, 0.1) is 6.04 Å². The normalized spacial score (nSPS) is 14.5. The lowest BCUT2D eigenvalue weighted by Gasteiger charge is -2.20. The summed E-state index contributed by atoms with van der Waals surface area (Å²) in [6.45, 7) is 0. The van der Waals surface area contributed by atoms with E-state index in [-0.39, 0.29) is 17.8 Å². The average Bonchev–Trinajstić information content (AvgIpc) is 3.12. The fourth-order valence-electron chi connectivity index (χ4n) is 3.53. The minimum Gasteiger partial charge on any atom is -0.340 e. The van der Waals surface area contributed by atoms with Crippen molar-refractivity contribution >= 4 is 5.91 Å². The first-order valence-electron chi connectivity index (χ1n) is 8.90. The molecule has 132 valence electrons. The molecule has 2 aromatic carbocycles. The third-order valence-corrected chi connectivity index (χ3v) is 4.88. The Morgan fingerprint density at radius 3 is 2.46 bits per heavy atom. The highest BCUT2D eigenvalue weighted by atomic mass is 19.1. The van der Waals surface area contributed by atoms with Gasteiger partial charge in [-0.2, -0.15) is 5.10 Å². The number of aromatic nitrogens is 2. The molecule has 4 rings (SSSR count). The van der Waals surface area contributed by atoms with Crippen LogP contribution in [-0.4, -0.2) is 16.1 Å². The molecule has 1 aliphatic rings. The third kappa shape index (κ3) is 3.25. The van der Waals surface area contributed by atoms with Crippen molar-refractivity contribution < 1.29 is 9.18 Å². The van der Waals surface area contributed by atoms with Crippen LogP contribution in [-0.2, 0) is 12.8 Å². The van der Waals surface area contributed by atoms with Gasteiger partial charge in [-0.05, 0) is 48.9 Å². The van der Waals surface area contributed by atoms with Gasteiger partial charge in [-0.25, -0.2) is 4.39 Å². The van der Waals surface area contributed by atoms with Crippen LogP contribution in [0.1, 0.15) is 51.8 Å². The van der Waals surface area contributed by atoms with Crippen molar-refractivity contribution in [3.05, 3.63) is 88.5 Å². The zero-order valence-electron chi connectivity index (χ0n) is 14.3. The first-order valence-corrected chi connectivity index (χ1v) is 8.90. The highest BCUT2D eigenvalue weighted by Crippen LogP contribution is 2.25. The summed E-state index contributed by atoms with van der Waals surface area (Å²) >= 11 is 0. The summed E-state index contributed by atoms with van der Waals surface area (Å²) < 4.78 is 13.3. The van der Waals surface area contributed by atoms with Crippen LogP contribution in [0, 0.1) is 5.82 Å². The van der Waals surface area contributed by atoms with Crippen LogP contribution in [0.3, 0.4) is 0 Å². The van der Waals surface area contributed by atoms with Crippen molar-refractivity contribution in [2.45, 2.75) is 31.7 Å². The first-order chi connectivity index (χ1) is 12.7. The number of hydrogen-bond acceptors (Lipinski definition) is 2. The molecule has 0 fully saturated rings. The Balaban J connectivity index is 1.65. The molecule has 4 nitrogen and oxygen atoms in total. The molecule has 0 saturated heterocycles. The number of amides is 1.